The van der Waals surface area contributed by atoms with Gasteiger partial charge in [-0.1, -0.05) is 6.42 Å². The van der Waals surface area contributed by atoms with E-state index in [2.05, 4.69) is 19.2 Å². The second kappa shape index (κ2) is 8.00. The summed E-state index contributed by atoms with van der Waals surface area (Å²) < 4.78 is 5.67. The molecule has 1 heterocycles. The highest BCUT2D eigenvalue weighted by Crippen LogP contribution is 2.28. The maximum Gasteiger partial charge on any atom is 0.306 e. The molecule has 0 aromatic heterocycles. The number of hydrogen-bond acceptors (Lipinski definition) is 2. The van der Waals surface area contributed by atoms with Crippen molar-refractivity contribution in [2.75, 3.05) is 19.0 Å². The molecule has 1 aliphatic rings. The second-order valence-corrected chi connectivity index (χ2v) is 6.10. The molecule has 2 N–H and O–H groups in total. The molecule has 0 aliphatic carbocycles. The van der Waals surface area contributed by atoms with E-state index < -0.39 is 0 Å². The quantitative estimate of drug-likeness (QED) is 0.440. The molecule has 0 unspecified atom stereocenters. The van der Waals surface area contributed by atoms with E-state index in [-0.39, 0.29) is 11.6 Å². The Morgan fingerprint density at radius 1 is 1.28 bits per heavy atom. The number of hydrogen-bond donors (Lipinski definition) is 1. The Morgan fingerprint density at radius 3 is 2.56 bits per heavy atom. The largest absolute Gasteiger partial charge is 0.459 e. The van der Waals surface area contributed by atoms with Gasteiger partial charge in [-0.2, -0.15) is 0 Å². The Balaban J connectivity index is 2.27. The molecule has 0 atom stereocenters. The molecule has 18 heavy (non-hydrogen) atoms. The summed E-state index contributed by atoms with van der Waals surface area (Å²) in [7, 11) is 0. The molecule has 1 aliphatic heterocycles. The lowest BCUT2D eigenvalue weighted by atomic mass is 9.83. The lowest BCUT2D eigenvalue weighted by Gasteiger charge is -2.35. The third-order valence-corrected chi connectivity index (χ3v) is 4.08. The molecule has 1 fully saturated rings. The van der Waals surface area contributed by atoms with E-state index in [0.29, 0.717) is 18.2 Å². The summed E-state index contributed by atoms with van der Waals surface area (Å²) in [6.07, 6.45) is 5.70. The van der Waals surface area contributed by atoms with Crippen molar-refractivity contribution in [1.29, 1.82) is 0 Å². The lowest BCUT2D eigenvalue weighted by molar-refractivity contribution is -0.665. The molecule has 0 radical (unpaired) electrons. The standard InChI is InChI=1S/C14H26ClNO2/c1-14(2,12-7-10-16-11-8-12)18-13(17)6-4-3-5-9-15/h12,16H,3-11H2,1-2H3/p+1. The molecular formula is C14H27ClNO2+. The summed E-state index contributed by atoms with van der Waals surface area (Å²) in [5.41, 5.74) is -0.308. The first-order chi connectivity index (χ1) is 8.56. The van der Waals surface area contributed by atoms with Crippen molar-refractivity contribution in [2.45, 2.75) is 58.0 Å². The maximum absolute atomic E-state index is 11.8. The molecule has 3 nitrogen and oxygen atoms in total. The number of nitrogens with two attached hydrogens (primary N) is 1. The minimum Gasteiger partial charge on any atom is -0.459 e. The van der Waals surface area contributed by atoms with Gasteiger partial charge in [-0.05, 0) is 26.7 Å². The highest BCUT2D eigenvalue weighted by molar-refractivity contribution is 6.17. The average molecular weight is 277 g/mol. The van der Waals surface area contributed by atoms with Gasteiger partial charge in [0.25, 0.3) is 0 Å². The van der Waals surface area contributed by atoms with E-state index in [1.54, 1.807) is 0 Å². The van der Waals surface area contributed by atoms with Gasteiger partial charge in [0.05, 0.1) is 13.1 Å². The third kappa shape index (κ3) is 5.57. The fraction of sp³-hybridized carbons (Fsp3) is 0.929. The van der Waals surface area contributed by atoms with Crippen molar-refractivity contribution in [3.05, 3.63) is 0 Å². The summed E-state index contributed by atoms with van der Waals surface area (Å²) in [5, 5.41) is 2.33. The molecule has 1 rings (SSSR count). The van der Waals surface area contributed by atoms with Crippen LogP contribution in [-0.2, 0) is 9.53 Å². The Hall–Kier alpha value is -0.280. The lowest BCUT2D eigenvalue weighted by Crippen LogP contribution is -2.86. The Bertz CT molecular complexity index is 250. The van der Waals surface area contributed by atoms with E-state index in [4.69, 9.17) is 16.3 Å². The van der Waals surface area contributed by atoms with Crippen LogP contribution in [0.5, 0.6) is 0 Å². The van der Waals surface area contributed by atoms with Gasteiger partial charge in [-0.3, -0.25) is 4.79 Å². The molecule has 0 aromatic carbocycles. The number of rotatable bonds is 7. The van der Waals surface area contributed by atoms with Gasteiger partial charge in [0, 0.05) is 31.1 Å². The van der Waals surface area contributed by atoms with Crippen LogP contribution in [0.2, 0.25) is 0 Å². The van der Waals surface area contributed by atoms with Crippen molar-refractivity contribution in [2.24, 2.45) is 5.92 Å². The van der Waals surface area contributed by atoms with E-state index in [1.807, 2.05) is 0 Å². The van der Waals surface area contributed by atoms with Crippen LogP contribution in [0.25, 0.3) is 0 Å². The van der Waals surface area contributed by atoms with E-state index in [1.165, 1.54) is 0 Å². The molecule has 0 amide bonds. The van der Waals surface area contributed by atoms with Gasteiger partial charge in [0.1, 0.15) is 5.60 Å². The SMILES string of the molecule is CC(C)(OC(=O)CCCCCCl)C1CC[NH2+]CC1. The first-order valence-corrected chi connectivity index (χ1v) is 7.69. The van der Waals surface area contributed by atoms with Crippen LogP contribution in [0.3, 0.4) is 0 Å². The van der Waals surface area contributed by atoms with E-state index in [9.17, 15) is 4.79 Å². The van der Waals surface area contributed by atoms with Crippen LogP contribution in [0.4, 0.5) is 0 Å². The molecule has 4 heteroatoms. The van der Waals surface area contributed by atoms with Crippen molar-refractivity contribution in [3.8, 4) is 0 Å². The van der Waals surface area contributed by atoms with Gasteiger partial charge in [0.2, 0.25) is 0 Å². The second-order valence-electron chi connectivity index (χ2n) is 5.72. The van der Waals surface area contributed by atoms with Gasteiger partial charge in [-0.25, -0.2) is 0 Å². The van der Waals surface area contributed by atoms with E-state index in [0.717, 1.165) is 45.2 Å². The topological polar surface area (TPSA) is 42.9 Å². The normalized spacial score (nSPS) is 17.7. The Kier molecular flexibility index (Phi) is 7.02. The summed E-state index contributed by atoms with van der Waals surface area (Å²) in [6, 6.07) is 0. The monoisotopic (exact) mass is 276 g/mol. The highest BCUT2D eigenvalue weighted by atomic mass is 35.5. The molecule has 0 bridgehead atoms. The number of carbonyl (C=O) groups is 1. The van der Waals surface area contributed by atoms with Crippen LogP contribution in [0.15, 0.2) is 0 Å². The number of unbranched alkanes of at least 4 members (excludes halogenated alkanes) is 2. The van der Waals surface area contributed by atoms with Crippen LogP contribution >= 0.6 is 11.6 Å². The zero-order valence-electron chi connectivity index (χ0n) is 11.7. The van der Waals surface area contributed by atoms with Crippen LogP contribution < -0.4 is 5.32 Å². The zero-order chi connectivity index (χ0) is 13.4. The first kappa shape index (κ1) is 15.8. The van der Waals surface area contributed by atoms with Crippen LogP contribution in [0.1, 0.15) is 52.4 Å². The Labute approximate surface area is 116 Å². The van der Waals surface area contributed by atoms with Crippen LogP contribution in [-0.4, -0.2) is 30.5 Å². The predicted molar refractivity (Wildman–Crippen MR) is 73.7 cm³/mol. The minimum absolute atomic E-state index is 0.0517. The number of esters is 1. The number of ether oxygens (including phenoxy) is 1. The average Bonchev–Trinajstić information content (AvgIpc) is 2.35. The van der Waals surface area contributed by atoms with Gasteiger partial charge in [-0.15, -0.1) is 11.6 Å². The first-order valence-electron chi connectivity index (χ1n) is 7.15. The summed E-state index contributed by atoms with van der Waals surface area (Å²) >= 11 is 5.61. The molecule has 0 saturated carbocycles. The fourth-order valence-electron chi connectivity index (χ4n) is 2.59. The van der Waals surface area contributed by atoms with Gasteiger partial charge < -0.3 is 10.1 Å². The summed E-state index contributed by atoms with van der Waals surface area (Å²) in [6.45, 7) is 6.42. The number of piperidine rings is 1. The van der Waals surface area contributed by atoms with Crippen molar-refractivity contribution < 1.29 is 14.8 Å². The van der Waals surface area contributed by atoms with Crippen molar-refractivity contribution in [3.63, 3.8) is 0 Å². The van der Waals surface area contributed by atoms with Crippen molar-refractivity contribution in [1.82, 2.24) is 0 Å². The third-order valence-electron chi connectivity index (χ3n) is 3.81. The van der Waals surface area contributed by atoms with Gasteiger partial charge in [0.15, 0.2) is 0 Å². The molecule has 106 valence electrons. The smallest absolute Gasteiger partial charge is 0.306 e. The summed E-state index contributed by atoms with van der Waals surface area (Å²) in [4.78, 5) is 11.8. The molecular weight excluding hydrogens is 250 g/mol. The maximum atomic E-state index is 11.8. The predicted octanol–water partition coefficient (Wildman–Crippen LogP) is 2.08. The van der Waals surface area contributed by atoms with Crippen molar-refractivity contribution >= 4 is 17.6 Å². The summed E-state index contributed by atoms with van der Waals surface area (Å²) in [5.74, 6) is 1.14. The minimum atomic E-state index is -0.308. The van der Waals surface area contributed by atoms with Gasteiger partial charge >= 0.3 is 5.97 Å². The number of alkyl halides is 1. The van der Waals surface area contributed by atoms with Crippen LogP contribution in [0, 0.1) is 5.92 Å². The zero-order valence-corrected chi connectivity index (χ0v) is 12.5. The molecule has 0 aromatic rings. The number of halogens is 1. The van der Waals surface area contributed by atoms with E-state index >= 15 is 0 Å². The Morgan fingerprint density at radius 2 is 1.94 bits per heavy atom. The number of carbonyl (C=O) groups excluding carboxylic acids is 1. The molecule has 0 spiro atoms. The molecule has 1 saturated heterocycles. The number of quaternary nitrogens is 1. The highest BCUT2D eigenvalue weighted by Gasteiger charge is 2.34. The fourth-order valence-corrected chi connectivity index (χ4v) is 2.78.